The first-order valence-corrected chi connectivity index (χ1v) is 11.6. The van der Waals surface area contributed by atoms with E-state index in [1.165, 1.54) is 0 Å². The Labute approximate surface area is 165 Å². The van der Waals surface area contributed by atoms with Gasteiger partial charge in [-0.25, -0.2) is 0 Å². The van der Waals surface area contributed by atoms with Gasteiger partial charge in [-0.05, 0) is 63.2 Å². The van der Waals surface area contributed by atoms with Gasteiger partial charge >= 0.3 is 0 Å². The molecule has 158 valence electrons. The highest BCUT2D eigenvalue weighted by atomic mass is 16.5. The largest absolute Gasteiger partial charge is 0.389 e. The molecule has 0 spiro atoms. The van der Waals surface area contributed by atoms with Crippen molar-refractivity contribution in [1.82, 2.24) is 0 Å². The number of ether oxygens (including phenoxy) is 1. The van der Waals surface area contributed by atoms with Gasteiger partial charge < -0.3 is 9.84 Å². The van der Waals surface area contributed by atoms with Gasteiger partial charge in [0.1, 0.15) is 0 Å². The number of hydrogen-bond donors (Lipinski definition) is 1. The first-order valence-electron chi connectivity index (χ1n) is 11.6. The van der Waals surface area contributed by atoms with E-state index in [2.05, 4.69) is 69.2 Å². The molecule has 2 nitrogen and oxygen atoms in total. The Balaban J connectivity index is 6.04. The predicted octanol–water partition coefficient (Wildman–Crippen LogP) is 7.38. The topological polar surface area (TPSA) is 29.5 Å². The van der Waals surface area contributed by atoms with Crippen LogP contribution in [0.15, 0.2) is 0 Å². The Kier molecular flexibility index (Phi) is 11.0. The molecule has 0 amide bonds. The zero-order chi connectivity index (χ0) is 20.6. The van der Waals surface area contributed by atoms with Crippen LogP contribution in [0.25, 0.3) is 0 Å². The molecule has 0 saturated heterocycles. The molecule has 0 aliphatic rings. The Morgan fingerprint density at radius 3 is 1.35 bits per heavy atom. The molecule has 2 atom stereocenters. The number of hydrogen-bond acceptors (Lipinski definition) is 2. The fraction of sp³-hybridized carbons (Fsp3) is 1.00. The van der Waals surface area contributed by atoms with Crippen LogP contribution < -0.4 is 0 Å². The van der Waals surface area contributed by atoms with Crippen molar-refractivity contribution in [3.63, 3.8) is 0 Å². The van der Waals surface area contributed by atoms with E-state index in [1.807, 2.05) is 0 Å². The van der Waals surface area contributed by atoms with E-state index in [4.69, 9.17) is 4.74 Å². The van der Waals surface area contributed by atoms with Crippen molar-refractivity contribution in [2.45, 2.75) is 138 Å². The van der Waals surface area contributed by atoms with Crippen LogP contribution in [0.3, 0.4) is 0 Å². The van der Waals surface area contributed by atoms with Crippen molar-refractivity contribution in [2.24, 2.45) is 17.3 Å². The van der Waals surface area contributed by atoms with Crippen LogP contribution in [0.5, 0.6) is 0 Å². The fourth-order valence-electron chi connectivity index (χ4n) is 5.82. The van der Waals surface area contributed by atoms with E-state index >= 15 is 0 Å². The van der Waals surface area contributed by atoms with Crippen LogP contribution in [0.4, 0.5) is 0 Å². The highest BCUT2D eigenvalue weighted by molar-refractivity contribution is 5.03. The fourth-order valence-corrected chi connectivity index (χ4v) is 5.82. The van der Waals surface area contributed by atoms with Crippen LogP contribution in [0, 0.1) is 17.3 Å². The Morgan fingerprint density at radius 1 is 0.654 bits per heavy atom. The highest BCUT2D eigenvalue weighted by Gasteiger charge is 2.53. The third-order valence-electron chi connectivity index (χ3n) is 8.32. The van der Waals surface area contributed by atoms with Crippen LogP contribution >= 0.6 is 0 Å². The lowest BCUT2D eigenvalue weighted by Crippen LogP contribution is -2.56. The summed E-state index contributed by atoms with van der Waals surface area (Å²) in [5.41, 5.74) is -0.775. The first-order chi connectivity index (χ1) is 12.2. The molecule has 0 heterocycles. The molecule has 0 aromatic heterocycles. The van der Waals surface area contributed by atoms with Crippen molar-refractivity contribution in [3.05, 3.63) is 0 Å². The van der Waals surface area contributed by atoms with Crippen molar-refractivity contribution in [1.29, 1.82) is 0 Å². The quantitative estimate of drug-likeness (QED) is 0.345. The summed E-state index contributed by atoms with van der Waals surface area (Å²) >= 11 is 0. The lowest BCUT2D eigenvalue weighted by Gasteiger charge is -2.55. The summed E-state index contributed by atoms with van der Waals surface area (Å²) < 4.78 is 6.80. The minimum atomic E-state index is -0.605. The maximum absolute atomic E-state index is 11.6. The molecule has 0 fully saturated rings. The lowest BCUT2D eigenvalue weighted by molar-refractivity contribution is -0.186. The Hall–Kier alpha value is -0.0800. The van der Waals surface area contributed by atoms with Crippen molar-refractivity contribution in [2.75, 3.05) is 0 Å². The SMILES string of the molecule is CCC(CC)OC(CC)(CC)C(C)C(C)C(CC)(CC)C(O)(CC)CC. The summed E-state index contributed by atoms with van der Waals surface area (Å²) in [5, 5.41) is 11.6. The summed E-state index contributed by atoms with van der Waals surface area (Å²) in [4.78, 5) is 0. The standard InChI is InChI=1S/C24H50O2/c1-11-21(12-2)26-23(15-5,16-6)20(10)19(9)22(13-3,14-4)24(25,17-7)18-8/h19-21,25H,11-18H2,1-10H3. The van der Waals surface area contributed by atoms with Crippen molar-refractivity contribution >= 4 is 0 Å². The third-order valence-corrected chi connectivity index (χ3v) is 8.32. The molecule has 0 saturated carbocycles. The summed E-state index contributed by atoms with van der Waals surface area (Å²) in [6.45, 7) is 22.6. The van der Waals surface area contributed by atoms with Crippen LogP contribution in [0.1, 0.15) is 121 Å². The second-order valence-electron chi connectivity index (χ2n) is 8.51. The Bertz CT molecular complexity index is 360. The van der Waals surface area contributed by atoms with Crippen LogP contribution in [0.2, 0.25) is 0 Å². The van der Waals surface area contributed by atoms with Gasteiger partial charge in [-0.3, -0.25) is 0 Å². The molecule has 0 aliphatic heterocycles. The van der Waals surface area contributed by atoms with E-state index < -0.39 is 5.60 Å². The molecule has 2 unspecified atom stereocenters. The average Bonchev–Trinajstić information content (AvgIpc) is 2.69. The molecular formula is C24H50O2. The van der Waals surface area contributed by atoms with E-state index in [0.29, 0.717) is 17.9 Å². The highest BCUT2D eigenvalue weighted by Crippen LogP contribution is 2.54. The average molecular weight is 371 g/mol. The number of aliphatic hydroxyl groups is 1. The van der Waals surface area contributed by atoms with Gasteiger partial charge in [-0.1, -0.05) is 69.2 Å². The van der Waals surface area contributed by atoms with Gasteiger partial charge in [0, 0.05) is 5.41 Å². The summed E-state index contributed by atoms with van der Waals surface area (Å²) in [6.07, 6.45) is 8.21. The van der Waals surface area contributed by atoms with E-state index in [0.717, 1.165) is 51.4 Å². The summed E-state index contributed by atoms with van der Waals surface area (Å²) in [7, 11) is 0. The molecule has 0 aromatic rings. The maximum Gasteiger partial charge on any atom is 0.0709 e. The zero-order valence-electron chi connectivity index (χ0n) is 19.7. The van der Waals surface area contributed by atoms with Gasteiger partial charge in [0.25, 0.3) is 0 Å². The minimum absolute atomic E-state index is 0.0667. The lowest BCUT2D eigenvalue weighted by atomic mass is 9.54. The van der Waals surface area contributed by atoms with Gasteiger partial charge in [-0.15, -0.1) is 0 Å². The predicted molar refractivity (Wildman–Crippen MR) is 116 cm³/mol. The molecule has 0 aromatic carbocycles. The monoisotopic (exact) mass is 370 g/mol. The second-order valence-corrected chi connectivity index (χ2v) is 8.51. The van der Waals surface area contributed by atoms with Gasteiger partial charge in [0.2, 0.25) is 0 Å². The minimum Gasteiger partial charge on any atom is -0.389 e. The maximum atomic E-state index is 11.6. The molecular weight excluding hydrogens is 320 g/mol. The third kappa shape index (κ3) is 4.66. The second kappa shape index (κ2) is 11.1. The van der Waals surface area contributed by atoms with Gasteiger partial charge in [-0.2, -0.15) is 0 Å². The normalized spacial score (nSPS) is 16.2. The number of rotatable bonds is 14. The van der Waals surface area contributed by atoms with Crippen LogP contribution in [-0.2, 0) is 4.74 Å². The summed E-state index contributed by atoms with van der Waals surface area (Å²) in [5.74, 6) is 0.805. The first kappa shape index (κ1) is 25.9. The van der Waals surface area contributed by atoms with Crippen LogP contribution in [-0.4, -0.2) is 22.4 Å². The molecule has 26 heavy (non-hydrogen) atoms. The smallest absolute Gasteiger partial charge is 0.0709 e. The van der Waals surface area contributed by atoms with E-state index in [1.54, 1.807) is 0 Å². The van der Waals surface area contributed by atoms with E-state index in [-0.39, 0.29) is 11.0 Å². The van der Waals surface area contributed by atoms with Gasteiger partial charge in [0.15, 0.2) is 0 Å². The molecule has 2 heteroatoms. The zero-order valence-corrected chi connectivity index (χ0v) is 19.7. The summed E-state index contributed by atoms with van der Waals surface area (Å²) in [6, 6.07) is 0. The molecule has 0 radical (unpaired) electrons. The van der Waals surface area contributed by atoms with Gasteiger partial charge in [0.05, 0.1) is 17.3 Å². The molecule has 0 bridgehead atoms. The van der Waals surface area contributed by atoms with Crippen molar-refractivity contribution < 1.29 is 9.84 Å². The molecule has 0 aliphatic carbocycles. The Morgan fingerprint density at radius 2 is 1.08 bits per heavy atom. The van der Waals surface area contributed by atoms with Crippen molar-refractivity contribution in [3.8, 4) is 0 Å². The molecule has 1 N–H and O–H groups in total. The van der Waals surface area contributed by atoms with E-state index in [9.17, 15) is 5.11 Å². The molecule has 0 rings (SSSR count).